The number of benzene rings is 2. The van der Waals surface area contributed by atoms with E-state index in [2.05, 4.69) is 0 Å². The molecule has 0 fully saturated rings. The van der Waals surface area contributed by atoms with Crippen molar-refractivity contribution in [1.82, 2.24) is 4.57 Å². The summed E-state index contributed by atoms with van der Waals surface area (Å²) in [5, 5.41) is 9.31. The molecular formula is C24H21F3N2O. The first-order valence-corrected chi connectivity index (χ1v) is 9.56. The summed E-state index contributed by atoms with van der Waals surface area (Å²) in [6.45, 7) is 5.90. The Bertz CT molecular complexity index is 1200. The zero-order valence-electron chi connectivity index (χ0n) is 17.0. The van der Waals surface area contributed by atoms with E-state index in [4.69, 9.17) is 0 Å². The van der Waals surface area contributed by atoms with E-state index >= 15 is 0 Å². The van der Waals surface area contributed by atoms with Crippen LogP contribution < -0.4 is 5.56 Å². The maximum atomic E-state index is 13.6. The molecule has 3 nitrogen and oxygen atoms in total. The molecule has 0 saturated carbocycles. The predicted octanol–water partition coefficient (Wildman–Crippen LogP) is 5.63. The Labute approximate surface area is 173 Å². The van der Waals surface area contributed by atoms with E-state index in [0.717, 1.165) is 28.3 Å². The Hall–Kier alpha value is -3.33. The molecule has 0 spiro atoms. The molecule has 0 aliphatic heterocycles. The van der Waals surface area contributed by atoms with Crippen LogP contribution in [-0.2, 0) is 19.1 Å². The van der Waals surface area contributed by atoms with E-state index in [1.165, 1.54) is 10.6 Å². The van der Waals surface area contributed by atoms with Gasteiger partial charge in [-0.15, -0.1) is 0 Å². The molecule has 0 bridgehead atoms. The average molecular weight is 410 g/mol. The number of alkyl halides is 3. The van der Waals surface area contributed by atoms with Crippen molar-refractivity contribution < 1.29 is 13.2 Å². The lowest BCUT2D eigenvalue weighted by Crippen LogP contribution is -2.28. The van der Waals surface area contributed by atoms with Crippen molar-refractivity contribution in [2.75, 3.05) is 0 Å². The van der Waals surface area contributed by atoms with Crippen LogP contribution in [0.25, 0.3) is 11.3 Å². The molecule has 0 aliphatic rings. The molecular weight excluding hydrogens is 389 g/mol. The second-order valence-electron chi connectivity index (χ2n) is 7.29. The van der Waals surface area contributed by atoms with Crippen LogP contribution in [0, 0.1) is 25.2 Å². The zero-order valence-corrected chi connectivity index (χ0v) is 17.0. The highest BCUT2D eigenvalue weighted by atomic mass is 19.4. The van der Waals surface area contributed by atoms with Gasteiger partial charge in [-0.25, -0.2) is 0 Å². The van der Waals surface area contributed by atoms with Crippen molar-refractivity contribution in [1.29, 1.82) is 5.26 Å². The largest absolute Gasteiger partial charge is 0.417 e. The van der Waals surface area contributed by atoms with Gasteiger partial charge in [-0.1, -0.05) is 43.3 Å². The number of aromatic nitrogens is 1. The highest BCUT2D eigenvalue weighted by molar-refractivity contribution is 5.63. The van der Waals surface area contributed by atoms with E-state index in [1.54, 1.807) is 18.2 Å². The maximum Gasteiger partial charge on any atom is 0.417 e. The van der Waals surface area contributed by atoms with Crippen molar-refractivity contribution in [2.45, 2.75) is 39.9 Å². The summed E-state index contributed by atoms with van der Waals surface area (Å²) < 4.78 is 42.1. The fraction of sp³-hybridized carbons (Fsp3) is 0.250. The van der Waals surface area contributed by atoms with Gasteiger partial charge in [0.25, 0.3) is 5.56 Å². The van der Waals surface area contributed by atoms with Gasteiger partial charge in [-0.3, -0.25) is 4.79 Å². The summed E-state index contributed by atoms with van der Waals surface area (Å²) in [5.41, 5.74) is 1.42. The number of pyridine rings is 1. The third kappa shape index (κ3) is 4.16. The lowest BCUT2D eigenvalue weighted by atomic mass is 10.0. The zero-order chi connectivity index (χ0) is 22.1. The van der Waals surface area contributed by atoms with Gasteiger partial charge >= 0.3 is 6.18 Å². The molecule has 1 heterocycles. The fourth-order valence-corrected chi connectivity index (χ4v) is 3.41. The molecule has 30 heavy (non-hydrogen) atoms. The average Bonchev–Trinajstić information content (AvgIpc) is 2.71. The van der Waals surface area contributed by atoms with Gasteiger partial charge in [0, 0.05) is 0 Å². The highest BCUT2D eigenvalue weighted by Crippen LogP contribution is 2.34. The second kappa shape index (κ2) is 8.19. The van der Waals surface area contributed by atoms with Crippen LogP contribution in [-0.4, -0.2) is 4.57 Å². The van der Waals surface area contributed by atoms with Crippen LogP contribution in [0.2, 0.25) is 0 Å². The van der Waals surface area contributed by atoms with Gasteiger partial charge in [-0.05, 0) is 60.2 Å². The monoisotopic (exact) mass is 410 g/mol. The summed E-state index contributed by atoms with van der Waals surface area (Å²) in [7, 11) is 0. The Morgan fingerprint density at radius 1 is 1.00 bits per heavy atom. The van der Waals surface area contributed by atoms with Crippen LogP contribution in [0.4, 0.5) is 13.2 Å². The summed E-state index contributed by atoms with van der Waals surface area (Å²) >= 11 is 0. The topological polar surface area (TPSA) is 45.8 Å². The molecule has 0 amide bonds. The molecule has 0 aliphatic carbocycles. The SMILES string of the molecule is CCc1cccc(-c2cc(C(F)(F)F)c(C#N)c(=O)n2Cc2ccc(C)c(C)c2)c1. The van der Waals surface area contributed by atoms with Gasteiger partial charge < -0.3 is 4.57 Å². The molecule has 0 unspecified atom stereocenters. The summed E-state index contributed by atoms with van der Waals surface area (Å²) in [4.78, 5) is 13.0. The number of hydrogen-bond acceptors (Lipinski definition) is 2. The number of nitrogens with zero attached hydrogens (tertiary/aromatic N) is 2. The molecule has 0 N–H and O–H groups in total. The Morgan fingerprint density at radius 3 is 2.33 bits per heavy atom. The summed E-state index contributed by atoms with van der Waals surface area (Å²) in [6, 6.07) is 15.1. The molecule has 3 aromatic rings. The number of hydrogen-bond donors (Lipinski definition) is 0. The third-order valence-corrected chi connectivity index (χ3v) is 5.26. The Kier molecular flexibility index (Phi) is 5.84. The minimum Gasteiger partial charge on any atom is -0.303 e. The lowest BCUT2D eigenvalue weighted by Gasteiger charge is -2.18. The molecule has 0 saturated heterocycles. The quantitative estimate of drug-likeness (QED) is 0.559. The van der Waals surface area contributed by atoms with Gasteiger partial charge in [0.1, 0.15) is 11.6 Å². The molecule has 1 aromatic heterocycles. The number of rotatable bonds is 4. The summed E-state index contributed by atoms with van der Waals surface area (Å²) in [5.74, 6) is 0. The normalized spacial score (nSPS) is 11.4. The van der Waals surface area contributed by atoms with E-state index in [0.29, 0.717) is 12.0 Å². The molecule has 2 aromatic carbocycles. The summed E-state index contributed by atoms with van der Waals surface area (Å²) in [6.07, 6.45) is -4.10. The first-order chi connectivity index (χ1) is 14.2. The van der Waals surface area contributed by atoms with Gasteiger partial charge in [0.2, 0.25) is 0 Å². The van der Waals surface area contributed by atoms with Crippen molar-refractivity contribution >= 4 is 0 Å². The number of nitriles is 1. The second-order valence-corrected chi connectivity index (χ2v) is 7.29. The third-order valence-electron chi connectivity index (χ3n) is 5.26. The van der Waals surface area contributed by atoms with Crippen LogP contribution in [0.5, 0.6) is 0 Å². The molecule has 0 radical (unpaired) electrons. The van der Waals surface area contributed by atoms with Gasteiger partial charge in [-0.2, -0.15) is 18.4 Å². The van der Waals surface area contributed by atoms with Crippen LogP contribution in [0.1, 0.15) is 40.3 Å². The molecule has 6 heteroatoms. The Morgan fingerprint density at radius 2 is 1.73 bits per heavy atom. The standard InChI is InChI=1S/C24H21F3N2O/c1-4-17-6-5-7-19(11-17)22-12-21(24(25,26)27)20(13-28)23(30)29(22)14-18-9-8-15(2)16(3)10-18/h5-12H,4,14H2,1-3H3. The molecule has 3 rings (SSSR count). The minimum atomic E-state index is -4.80. The first kappa shape index (κ1) is 21.4. The van der Waals surface area contributed by atoms with E-state index in [9.17, 15) is 23.2 Å². The van der Waals surface area contributed by atoms with Crippen LogP contribution in [0.3, 0.4) is 0 Å². The van der Waals surface area contributed by atoms with E-state index in [1.807, 2.05) is 45.0 Å². The lowest BCUT2D eigenvalue weighted by molar-refractivity contribution is -0.137. The van der Waals surface area contributed by atoms with E-state index in [-0.39, 0.29) is 12.2 Å². The van der Waals surface area contributed by atoms with Gasteiger partial charge in [0.15, 0.2) is 0 Å². The van der Waals surface area contributed by atoms with Crippen LogP contribution in [0.15, 0.2) is 53.3 Å². The molecule has 154 valence electrons. The Balaban J connectivity index is 2.31. The van der Waals surface area contributed by atoms with E-state index < -0.39 is 22.9 Å². The first-order valence-electron chi connectivity index (χ1n) is 9.56. The predicted molar refractivity (Wildman–Crippen MR) is 110 cm³/mol. The maximum absolute atomic E-state index is 13.6. The van der Waals surface area contributed by atoms with Crippen LogP contribution >= 0.6 is 0 Å². The number of aryl methyl sites for hydroxylation is 3. The highest BCUT2D eigenvalue weighted by Gasteiger charge is 2.36. The smallest absolute Gasteiger partial charge is 0.303 e. The van der Waals surface area contributed by atoms with Crippen molar-refractivity contribution in [3.63, 3.8) is 0 Å². The van der Waals surface area contributed by atoms with Crippen molar-refractivity contribution in [3.05, 3.63) is 92.3 Å². The molecule has 0 atom stereocenters. The van der Waals surface area contributed by atoms with Crippen molar-refractivity contribution in [3.8, 4) is 17.3 Å². The van der Waals surface area contributed by atoms with Gasteiger partial charge in [0.05, 0.1) is 17.8 Å². The fourth-order valence-electron chi connectivity index (χ4n) is 3.41. The number of halogens is 3. The minimum absolute atomic E-state index is 0.0679. The van der Waals surface area contributed by atoms with Crippen molar-refractivity contribution in [2.24, 2.45) is 0 Å².